The number of rotatable bonds is 5. The van der Waals surface area contributed by atoms with Crippen LogP contribution in [0.4, 0.5) is 0 Å². The quantitative estimate of drug-likeness (QED) is 0.193. The third-order valence-electron chi connectivity index (χ3n) is 6.79. The fraction of sp³-hybridized carbons (Fsp3) is 0.192. The molecule has 1 N–H and O–H groups in total. The molecule has 1 saturated carbocycles. The van der Waals surface area contributed by atoms with Crippen LogP contribution >= 0.6 is 31.9 Å². The number of ketones is 1. The molecule has 1 fully saturated rings. The number of fused-ring (bicyclic) bond motifs is 3. The maximum absolute atomic E-state index is 13.8. The lowest BCUT2D eigenvalue weighted by Gasteiger charge is -2.23. The van der Waals surface area contributed by atoms with Gasteiger partial charge in [-0.1, -0.05) is 74.3 Å². The fourth-order valence-corrected chi connectivity index (χ4v) is 5.74. The number of carbonyl (C=O) groups excluding carboxylic acids is 3. The van der Waals surface area contributed by atoms with Gasteiger partial charge in [-0.05, 0) is 42.8 Å². The highest BCUT2D eigenvalue weighted by Gasteiger charge is 2.88. The van der Waals surface area contributed by atoms with Crippen molar-refractivity contribution in [1.29, 1.82) is 0 Å². The normalized spacial score (nSPS) is 24.8. The maximum Gasteiger partial charge on any atom is 0.328 e. The molecule has 0 spiro atoms. The summed E-state index contributed by atoms with van der Waals surface area (Å²) in [7, 11) is 0. The summed E-state index contributed by atoms with van der Waals surface area (Å²) < 4.78 is 7.25. The SMILES string of the molecule is C[C@]1(C(=O)c2ccc(Br)cc2)[C@@H]2c3cc(Br)ccc3OC(=O)[C@@]21C(=O)NCc1ccccc1. The van der Waals surface area contributed by atoms with Crippen LogP contribution in [0.2, 0.25) is 0 Å². The highest BCUT2D eigenvalue weighted by atomic mass is 79.9. The van der Waals surface area contributed by atoms with Gasteiger partial charge in [0, 0.05) is 32.5 Å². The van der Waals surface area contributed by atoms with Crippen molar-refractivity contribution in [1.82, 2.24) is 5.32 Å². The van der Waals surface area contributed by atoms with Crippen LogP contribution in [0, 0.1) is 10.8 Å². The minimum Gasteiger partial charge on any atom is -0.425 e. The van der Waals surface area contributed by atoms with E-state index in [1.54, 1.807) is 43.3 Å². The van der Waals surface area contributed by atoms with Gasteiger partial charge < -0.3 is 10.1 Å². The molecule has 0 bridgehead atoms. The van der Waals surface area contributed by atoms with Crippen LogP contribution in [-0.2, 0) is 16.1 Å². The standard InChI is InChI=1S/C26H19Br2NO4/c1-25(22(30)16-7-9-17(27)10-8-16)21-19-13-18(28)11-12-20(19)33-24(32)26(21,25)23(31)29-14-15-5-3-2-4-6-15/h2-13,21H,14H2,1H3,(H,29,31)/t21-,25+,26-/m0/s1. The van der Waals surface area contributed by atoms with Gasteiger partial charge >= 0.3 is 5.97 Å². The molecule has 33 heavy (non-hydrogen) atoms. The summed E-state index contributed by atoms with van der Waals surface area (Å²) in [6.45, 7) is 1.94. The molecule has 3 atom stereocenters. The minimum atomic E-state index is -1.64. The van der Waals surface area contributed by atoms with E-state index in [1.165, 1.54) is 0 Å². The van der Waals surface area contributed by atoms with Crippen molar-refractivity contribution in [3.8, 4) is 5.75 Å². The Morgan fingerprint density at radius 2 is 1.64 bits per heavy atom. The minimum absolute atomic E-state index is 0.245. The number of ether oxygens (including phenoxy) is 1. The zero-order chi connectivity index (χ0) is 23.4. The Hall–Kier alpha value is -2.77. The highest BCUT2D eigenvalue weighted by molar-refractivity contribution is 9.10. The Morgan fingerprint density at radius 1 is 0.970 bits per heavy atom. The van der Waals surface area contributed by atoms with Gasteiger partial charge in [-0.25, -0.2) is 0 Å². The van der Waals surface area contributed by atoms with Gasteiger partial charge in [0.25, 0.3) is 0 Å². The van der Waals surface area contributed by atoms with Crippen molar-refractivity contribution < 1.29 is 19.1 Å². The Balaban J connectivity index is 1.59. The average molecular weight is 569 g/mol. The molecule has 166 valence electrons. The molecule has 1 aliphatic heterocycles. The second-order valence-electron chi connectivity index (χ2n) is 8.52. The monoisotopic (exact) mass is 567 g/mol. The van der Waals surface area contributed by atoms with Crippen LogP contribution in [0.3, 0.4) is 0 Å². The molecule has 2 aliphatic rings. The zero-order valence-corrected chi connectivity index (χ0v) is 20.8. The van der Waals surface area contributed by atoms with E-state index in [4.69, 9.17) is 4.74 Å². The van der Waals surface area contributed by atoms with Crippen molar-refractivity contribution in [2.45, 2.75) is 19.4 Å². The fourth-order valence-electron chi connectivity index (χ4n) is 5.10. The molecule has 0 unspecified atom stereocenters. The van der Waals surface area contributed by atoms with Gasteiger partial charge in [0.1, 0.15) is 5.75 Å². The Morgan fingerprint density at radius 3 is 2.33 bits per heavy atom. The van der Waals surface area contributed by atoms with E-state index in [0.717, 1.165) is 14.5 Å². The van der Waals surface area contributed by atoms with Crippen molar-refractivity contribution in [2.75, 3.05) is 0 Å². The molecule has 7 heteroatoms. The summed E-state index contributed by atoms with van der Waals surface area (Å²) in [4.78, 5) is 40.9. The number of halogens is 2. The first-order chi connectivity index (χ1) is 15.8. The topological polar surface area (TPSA) is 72.5 Å². The highest BCUT2D eigenvalue weighted by Crippen LogP contribution is 2.78. The van der Waals surface area contributed by atoms with Gasteiger partial charge in [0.15, 0.2) is 11.2 Å². The number of hydrogen-bond donors (Lipinski definition) is 1. The van der Waals surface area contributed by atoms with Crippen LogP contribution in [0.25, 0.3) is 0 Å². The molecule has 1 amide bonds. The average Bonchev–Trinajstić information content (AvgIpc) is 3.42. The predicted molar refractivity (Wildman–Crippen MR) is 130 cm³/mol. The Bertz CT molecular complexity index is 1290. The molecule has 5 rings (SSSR count). The van der Waals surface area contributed by atoms with Crippen LogP contribution in [0.5, 0.6) is 5.75 Å². The van der Waals surface area contributed by atoms with Gasteiger partial charge in [-0.2, -0.15) is 0 Å². The third-order valence-corrected chi connectivity index (χ3v) is 7.81. The number of amides is 1. The molecular weight excluding hydrogens is 550 g/mol. The molecule has 0 aromatic heterocycles. The first-order valence-electron chi connectivity index (χ1n) is 10.4. The molecule has 1 aliphatic carbocycles. The van der Waals surface area contributed by atoms with Gasteiger partial charge in [0.2, 0.25) is 5.91 Å². The van der Waals surface area contributed by atoms with Crippen molar-refractivity contribution in [3.05, 3.63) is 98.4 Å². The van der Waals surface area contributed by atoms with E-state index in [-0.39, 0.29) is 12.3 Å². The lowest BCUT2D eigenvalue weighted by atomic mass is 9.86. The molecule has 0 saturated heterocycles. The summed E-state index contributed by atoms with van der Waals surface area (Å²) in [5.74, 6) is -1.71. The molecular formula is C26H19Br2NO4. The number of hydrogen-bond acceptors (Lipinski definition) is 4. The number of esters is 1. The molecule has 1 heterocycles. The Labute approximate surface area is 207 Å². The van der Waals surface area contributed by atoms with Gasteiger partial charge in [-0.15, -0.1) is 0 Å². The number of carbonyl (C=O) groups is 3. The van der Waals surface area contributed by atoms with Gasteiger partial charge in [0.05, 0.1) is 5.41 Å². The summed E-state index contributed by atoms with van der Waals surface area (Å²) in [6.07, 6.45) is 0. The number of benzene rings is 3. The van der Waals surface area contributed by atoms with Gasteiger partial charge in [-0.3, -0.25) is 14.4 Å². The summed E-state index contributed by atoms with van der Waals surface area (Å²) >= 11 is 6.85. The zero-order valence-electron chi connectivity index (χ0n) is 17.6. The largest absolute Gasteiger partial charge is 0.425 e. The van der Waals surface area contributed by atoms with Crippen LogP contribution in [-0.4, -0.2) is 17.7 Å². The summed E-state index contributed by atoms with van der Waals surface area (Å²) in [5, 5.41) is 2.89. The third kappa shape index (κ3) is 3.21. The summed E-state index contributed by atoms with van der Waals surface area (Å²) in [6, 6.07) is 21.6. The molecule has 0 radical (unpaired) electrons. The smallest absolute Gasteiger partial charge is 0.328 e. The predicted octanol–water partition coefficient (Wildman–Crippen LogP) is 5.42. The second kappa shape index (κ2) is 7.92. The second-order valence-corrected chi connectivity index (χ2v) is 10.4. The van der Waals surface area contributed by atoms with E-state index in [0.29, 0.717) is 16.9 Å². The number of nitrogens with one attached hydrogen (secondary N) is 1. The first-order valence-corrected chi connectivity index (χ1v) is 12.0. The molecule has 3 aromatic carbocycles. The van der Waals surface area contributed by atoms with E-state index >= 15 is 0 Å². The first kappa shape index (κ1) is 22.0. The van der Waals surface area contributed by atoms with Crippen molar-refractivity contribution in [3.63, 3.8) is 0 Å². The molecule has 3 aromatic rings. The Kier molecular flexibility index (Phi) is 5.29. The van der Waals surface area contributed by atoms with E-state index in [1.807, 2.05) is 36.4 Å². The van der Waals surface area contributed by atoms with Crippen LogP contribution in [0.15, 0.2) is 81.7 Å². The molecule has 5 nitrogen and oxygen atoms in total. The lowest BCUT2D eigenvalue weighted by molar-refractivity contribution is -0.149. The van der Waals surface area contributed by atoms with Crippen LogP contribution < -0.4 is 10.1 Å². The van der Waals surface area contributed by atoms with E-state index in [2.05, 4.69) is 37.2 Å². The maximum atomic E-state index is 13.8. The van der Waals surface area contributed by atoms with Crippen LogP contribution in [0.1, 0.15) is 34.3 Å². The number of Topliss-reactive ketones (excluding diaryl/α,β-unsaturated/α-hetero) is 1. The summed E-state index contributed by atoms with van der Waals surface area (Å²) in [5.41, 5.74) is -0.918. The van der Waals surface area contributed by atoms with Crippen molar-refractivity contribution >= 4 is 49.5 Å². The van der Waals surface area contributed by atoms with E-state index < -0.39 is 28.6 Å². The lowest BCUT2D eigenvalue weighted by Crippen LogP contribution is -2.45. The van der Waals surface area contributed by atoms with Crippen molar-refractivity contribution in [2.24, 2.45) is 10.8 Å². The van der Waals surface area contributed by atoms with E-state index in [9.17, 15) is 14.4 Å².